The molecule has 4 aromatic rings. The van der Waals surface area contributed by atoms with Gasteiger partial charge in [-0.05, 0) is 31.5 Å². The molecule has 4 rings (SSSR count). The molecular weight excluding hydrogens is 465 g/mol. The highest BCUT2D eigenvalue weighted by Crippen LogP contribution is 2.34. The minimum Gasteiger partial charge on any atom is -0.377 e. The first-order valence-electron chi connectivity index (χ1n) is 10.5. The number of nitrogens with one attached hydrogen (secondary N) is 2. The van der Waals surface area contributed by atoms with Crippen LogP contribution in [0.3, 0.4) is 0 Å². The van der Waals surface area contributed by atoms with Crippen molar-refractivity contribution >= 4 is 28.4 Å². The molecule has 0 bridgehead atoms. The number of nitrogens with zero attached hydrogens (tertiary/aromatic N) is 6. The summed E-state index contributed by atoms with van der Waals surface area (Å²) in [5.74, 6) is -0.513. The Balaban J connectivity index is 1.65. The minimum atomic E-state index is -4.75. The molecule has 2 amide bonds. The highest BCUT2D eigenvalue weighted by atomic mass is 19.4. The van der Waals surface area contributed by atoms with E-state index >= 15 is 0 Å². The van der Waals surface area contributed by atoms with Crippen molar-refractivity contribution in [3.8, 4) is 5.82 Å². The number of methoxy groups -OCH3 is 1. The molecule has 2 N–H and O–H groups in total. The standard InChI is InChI=1S/C22H21F3N8O2/c1-4-13-5-6-16-19(30-13)18(12(2)35-3)17(11-26-16)32-21(34)31-14-9-15(22(23,24)25)20(27-10-14)33-28-7-8-29-33/h5-12H,4H2,1-3H3,(H2,31,32,34). The SMILES string of the molecule is CCc1ccc2ncc(NC(=O)Nc3cnc(-n4nccn4)c(C(F)(F)F)c3)c(C(C)OC)c2n1. The first-order chi connectivity index (χ1) is 16.7. The van der Waals surface area contributed by atoms with E-state index in [2.05, 4.69) is 35.8 Å². The number of pyridine rings is 3. The molecule has 0 aromatic carbocycles. The highest BCUT2D eigenvalue weighted by Gasteiger charge is 2.36. The summed E-state index contributed by atoms with van der Waals surface area (Å²) in [6.45, 7) is 3.76. The summed E-state index contributed by atoms with van der Waals surface area (Å²) >= 11 is 0. The number of rotatable bonds is 6. The number of anilines is 2. The number of carbonyl (C=O) groups is 1. The third-order valence-corrected chi connectivity index (χ3v) is 5.22. The summed E-state index contributed by atoms with van der Waals surface area (Å²) < 4.78 is 46.4. The van der Waals surface area contributed by atoms with E-state index in [9.17, 15) is 18.0 Å². The second kappa shape index (κ2) is 9.62. The Morgan fingerprint density at radius 2 is 1.89 bits per heavy atom. The normalized spacial score (nSPS) is 12.5. The Labute approximate surface area is 197 Å². The van der Waals surface area contributed by atoms with Gasteiger partial charge in [0.25, 0.3) is 0 Å². The van der Waals surface area contributed by atoms with Gasteiger partial charge >= 0.3 is 12.2 Å². The van der Waals surface area contributed by atoms with E-state index in [1.165, 1.54) is 25.7 Å². The minimum absolute atomic E-state index is 0.174. The molecule has 1 unspecified atom stereocenters. The van der Waals surface area contributed by atoms with Crippen molar-refractivity contribution in [2.24, 2.45) is 0 Å². The molecule has 0 radical (unpaired) electrons. The number of carbonyl (C=O) groups excluding carboxylic acids is 1. The number of urea groups is 1. The Morgan fingerprint density at radius 1 is 1.14 bits per heavy atom. The fraction of sp³-hybridized carbons (Fsp3) is 0.273. The van der Waals surface area contributed by atoms with Gasteiger partial charge in [-0.3, -0.25) is 9.97 Å². The van der Waals surface area contributed by atoms with Gasteiger partial charge in [0.05, 0.1) is 53.3 Å². The lowest BCUT2D eigenvalue weighted by Gasteiger charge is -2.18. The smallest absolute Gasteiger partial charge is 0.377 e. The van der Waals surface area contributed by atoms with E-state index in [1.54, 1.807) is 6.92 Å². The number of aryl methyl sites for hydroxylation is 1. The lowest BCUT2D eigenvalue weighted by Crippen LogP contribution is -2.22. The maximum Gasteiger partial charge on any atom is 0.420 e. The molecular formula is C22H21F3N8O2. The van der Waals surface area contributed by atoms with Crippen LogP contribution >= 0.6 is 0 Å². The average molecular weight is 486 g/mol. The van der Waals surface area contributed by atoms with Crippen LogP contribution in [0.2, 0.25) is 0 Å². The molecule has 0 aliphatic rings. The molecule has 182 valence electrons. The Kier molecular flexibility index (Phi) is 6.60. The Hall–Kier alpha value is -4.13. The fourth-order valence-corrected chi connectivity index (χ4v) is 3.46. The summed E-state index contributed by atoms with van der Waals surface area (Å²) in [7, 11) is 1.52. The lowest BCUT2D eigenvalue weighted by atomic mass is 10.1. The molecule has 4 aromatic heterocycles. The molecule has 0 aliphatic carbocycles. The van der Waals surface area contributed by atoms with Crippen molar-refractivity contribution in [3.63, 3.8) is 0 Å². The van der Waals surface area contributed by atoms with Crippen molar-refractivity contribution in [1.82, 2.24) is 29.9 Å². The summed E-state index contributed by atoms with van der Waals surface area (Å²) in [5.41, 5.74) is 1.64. The number of fused-ring (bicyclic) bond motifs is 1. The summed E-state index contributed by atoms with van der Waals surface area (Å²) in [6.07, 6.45) is 0.496. The van der Waals surface area contributed by atoms with Gasteiger partial charge in [0.15, 0.2) is 5.82 Å². The quantitative estimate of drug-likeness (QED) is 0.411. The second-order valence-corrected chi connectivity index (χ2v) is 7.48. The molecule has 35 heavy (non-hydrogen) atoms. The van der Waals surface area contributed by atoms with Crippen molar-refractivity contribution in [3.05, 3.63) is 59.8 Å². The third kappa shape index (κ3) is 5.04. The van der Waals surface area contributed by atoms with Crippen LogP contribution in [0.15, 0.2) is 43.0 Å². The highest BCUT2D eigenvalue weighted by molar-refractivity contribution is 6.01. The molecule has 0 saturated heterocycles. The van der Waals surface area contributed by atoms with Gasteiger partial charge in [-0.2, -0.15) is 23.4 Å². The fourth-order valence-electron chi connectivity index (χ4n) is 3.46. The molecule has 13 heteroatoms. The van der Waals surface area contributed by atoms with Gasteiger partial charge in [0.2, 0.25) is 0 Å². The Bertz CT molecular complexity index is 1360. The zero-order valence-corrected chi connectivity index (χ0v) is 19.0. The van der Waals surface area contributed by atoms with Crippen LogP contribution in [0.4, 0.5) is 29.3 Å². The predicted octanol–water partition coefficient (Wildman–Crippen LogP) is 4.54. The monoisotopic (exact) mass is 486 g/mol. The van der Waals surface area contributed by atoms with Crippen molar-refractivity contribution in [1.29, 1.82) is 0 Å². The molecule has 0 aliphatic heterocycles. The van der Waals surface area contributed by atoms with Crippen LogP contribution in [0.25, 0.3) is 16.9 Å². The number of halogens is 3. The summed E-state index contributed by atoms with van der Waals surface area (Å²) in [6, 6.07) is 3.67. The zero-order chi connectivity index (χ0) is 25.2. The molecule has 0 spiro atoms. The van der Waals surface area contributed by atoms with Crippen LogP contribution in [0, 0.1) is 0 Å². The van der Waals surface area contributed by atoms with E-state index in [4.69, 9.17) is 4.74 Å². The number of hydrogen-bond acceptors (Lipinski definition) is 7. The van der Waals surface area contributed by atoms with E-state index in [1.807, 2.05) is 19.1 Å². The predicted molar refractivity (Wildman–Crippen MR) is 121 cm³/mol. The van der Waals surface area contributed by atoms with Crippen molar-refractivity contribution < 1.29 is 22.7 Å². The van der Waals surface area contributed by atoms with Crippen LogP contribution in [-0.2, 0) is 17.3 Å². The van der Waals surface area contributed by atoms with Gasteiger partial charge in [-0.1, -0.05) is 6.92 Å². The van der Waals surface area contributed by atoms with Crippen LogP contribution < -0.4 is 10.6 Å². The maximum atomic E-state index is 13.6. The van der Waals surface area contributed by atoms with E-state index in [0.29, 0.717) is 28.7 Å². The largest absolute Gasteiger partial charge is 0.420 e. The number of hydrogen-bond donors (Lipinski definition) is 2. The molecule has 1 atom stereocenters. The van der Waals surface area contributed by atoms with Gasteiger partial charge in [0, 0.05) is 18.4 Å². The van der Waals surface area contributed by atoms with Crippen molar-refractivity contribution in [2.45, 2.75) is 32.5 Å². The van der Waals surface area contributed by atoms with Crippen LogP contribution in [0.5, 0.6) is 0 Å². The second-order valence-electron chi connectivity index (χ2n) is 7.48. The van der Waals surface area contributed by atoms with Crippen LogP contribution in [0.1, 0.15) is 36.8 Å². The lowest BCUT2D eigenvalue weighted by molar-refractivity contribution is -0.137. The number of alkyl halides is 3. The van der Waals surface area contributed by atoms with Gasteiger partial charge in [-0.25, -0.2) is 9.78 Å². The average Bonchev–Trinajstić information content (AvgIpc) is 3.37. The Morgan fingerprint density at radius 3 is 2.54 bits per heavy atom. The number of amides is 2. The van der Waals surface area contributed by atoms with E-state index in [0.717, 1.165) is 22.8 Å². The first-order valence-corrected chi connectivity index (χ1v) is 10.5. The first kappa shape index (κ1) is 24.0. The maximum absolute atomic E-state index is 13.6. The molecule has 10 nitrogen and oxygen atoms in total. The summed E-state index contributed by atoms with van der Waals surface area (Å²) in [4.78, 5) is 26.2. The van der Waals surface area contributed by atoms with E-state index < -0.39 is 29.7 Å². The van der Waals surface area contributed by atoms with Gasteiger partial charge in [-0.15, -0.1) is 4.80 Å². The topological polar surface area (TPSA) is 120 Å². The van der Waals surface area contributed by atoms with Gasteiger partial charge < -0.3 is 15.4 Å². The molecule has 0 fully saturated rings. The van der Waals surface area contributed by atoms with Gasteiger partial charge in [0.1, 0.15) is 5.56 Å². The third-order valence-electron chi connectivity index (χ3n) is 5.22. The van der Waals surface area contributed by atoms with Crippen LogP contribution in [-0.4, -0.2) is 43.1 Å². The molecule has 4 heterocycles. The van der Waals surface area contributed by atoms with Crippen molar-refractivity contribution in [2.75, 3.05) is 17.7 Å². The zero-order valence-electron chi connectivity index (χ0n) is 19.0. The molecule has 0 saturated carbocycles. The summed E-state index contributed by atoms with van der Waals surface area (Å²) in [5, 5.41) is 12.4. The number of aromatic nitrogens is 6. The number of ether oxygens (including phenoxy) is 1. The van der Waals surface area contributed by atoms with E-state index in [-0.39, 0.29) is 5.69 Å².